The quantitative estimate of drug-likeness (QED) is 0.187. The highest BCUT2D eigenvalue weighted by atomic mass is 35.5. The van der Waals surface area contributed by atoms with E-state index < -0.39 is 0 Å². The molecule has 0 aliphatic rings. The fraction of sp³-hybridized carbons (Fsp3) is 0. The molecule has 0 spiro atoms. The van der Waals surface area contributed by atoms with E-state index in [4.69, 9.17) is 21.7 Å². The van der Waals surface area contributed by atoms with Gasteiger partial charge in [-0.25, -0.2) is 9.67 Å². The Hall–Kier alpha value is -4.74. The molecule has 178 valence electrons. The number of fused-ring (bicyclic) bond motifs is 1. The van der Waals surface area contributed by atoms with Gasteiger partial charge in [-0.2, -0.15) is 10.2 Å². The molecule has 0 saturated heterocycles. The Labute approximate surface area is 219 Å². The van der Waals surface area contributed by atoms with Gasteiger partial charge >= 0.3 is 0 Å². The minimum absolute atomic E-state index is 0.640. The van der Waals surface area contributed by atoms with Gasteiger partial charge in [-0.15, -0.1) is 0 Å². The zero-order chi connectivity index (χ0) is 25.0. The van der Waals surface area contributed by atoms with Gasteiger partial charge in [0, 0.05) is 27.7 Å². The third kappa shape index (κ3) is 4.85. The van der Waals surface area contributed by atoms with Crippen LogP contribution in [-0.2, 0) is 0 Å². The van der Waals surface area contributed by atoms with E-state index in [0.29, 0.717) is 10.8 Å². The van der Waals surface area contributed by atoms with Crippen molar-refractivity contribution in [3.05, 3.63) is 132 Å². The Morgan fingerprint density at radius 1 is 0.757 bits per heavy atom. The average molecular weight is 500 g/mol. The van der Waals surface area contributed by atoms with Gasteiger partial charge in [0.05, 0.1) is 17.4 Å². The van der Waals surface area contributed by atoms with Crippen LogP contribution in [0.5, 0.6) is 0 Å². The second kappa shape index (κ2) is 10.1. The Bertz CT molecular complexity index is 1690. The number of para-hydroxylation sites is 1. The molecular weight excluding hydrogens is 478 g/mol. The SMILES string of the molecule is Clc1ccc2nc(N/N=C/c3cn(-c4ccccc4)nc3-c3ccccc3)cc(-c3ccccc3)c2c1. The lowest BCUT2D eigenvalue weighted by molar-refractivity contribution is 0.884. The fourth-order valence-corrected chi connectivity index (χ4v) is 4.47. The van der Waals surface area contributed by atoms with Crippen molar-refractivity contribution in [3.8, 4) is 28.1 Å². The highest BCUT2D eigenvalue weighted by molar-refractivity contribution is 6.31. The second-order valence-electron chi connectivity index (χ2n) is 8.53. The van der Waals surface area contributed by atoms with Crippen LogP contribution in [-0.4, -0.2) is 21.0 Å². The van der Waals surface area contributed by atoms with E-state index in [1.165, 1.54) is 0 Å². The molecule has 0 atom stereocenters. The number of nitrogens with zero attached hydrogens (tertiary/aromatic N) is 4. The molecule has 0 bridgehead atoms. The molecule has 0 aliphatic heterocycles. The first-order chi connectivity index (χ1) is 18.2. The number of hydrazone groups is 1. The van der Waals surface area contributed by atoms with Crippen LogP contribution in [0.15, 0.2) is 127 Å². The first-order valence-electron chi connectivity index (χ1n) is 11.9. The first-order valence-corrected chi connectivity index (χ1v) is 12.3. The molecule has 1 N–H and O–H groups in total. The van der Waals surface area contributed by atoms with Crippen molar-refractivity contribution >= 4 is 34.5 Å². The van der Waals surface area contributed by atoms with Crippen molar-refractivity contribution in [1.29, 1.82) is 0 Å². The van der Waals surface area contributed by atoms with E-state index in [0.717, 1.165) is 44.5 Å². The van der Waals surface area contributed by atoms with Gasteiger partial charge in [0.2, 0.25) is 0 Å². The Morgan fingerprint density at radius 3 is 2.16 bits per heavy atom. The summed E-state index contributed by atoms with van der Waals surface area (Å²) < 4.78 is 1.87. The van der Waals surface area contributed by atoms with Crippen LogP contribution in [0.2, 0.25) is 5.02 Å². The summed E-state index contributed by atoms with van der Waals surface area (Å²) in [5.41, 5.74) is 9.82. The molecule has 6 rings (SSSR count). The van der Waals surface area contributed by atoms with E-state index in [1.807, 2.05) is 114 Å². The zero-order valence-corrected chi connectivity index (χ0v) is 20.5. The zero-order valence-electron chi connectivity index (χ0n) is 19.8. The molecule has 2 heterocycles. The summed E-state index contributed by atoms with van der Waals surface area (Å²) in [7, 11) is 0. The maximum Gasteiger partial charge on any atom is 0.147 e. The largest absolute Gasteiger partial charge is 0.261 e. The molecule has 0 aliphatic carbocycles. The van der Waals surface area contributed by atoms with E-state index in [1.54, 1.807) is 6.21 Å². The summed E-state index contributed by atoms with van der Waals surface area (Å²) in [6.07, 6.45) is 3.76. The third-order valence-electron chi connectivity index (χ3n) is 6.05. The maximum atomic E-state index is 6.31. The monoisotopic (exact) mass is 499 g/mol. The number of nitrogens with one attached hydrogen (secondary N) is 1. The number of hydrogen-bond donors (Lipinski definition) is 1. The number of benzene rings is 4. The summed E-state index contributed by atoms with van der Waals surface area (Å²) in [4.78, 5) is 4.76. The summed E-state index contributed by atoms with van der Waals surface area (Å²) in [6.45, 7) is 0. The number of halogens is 1. The Kier molecular flexibility index (Phi) is 6.19. The van der Waals surface area contributed by atoms with Crippen molar-refractivity contribution in [2.45, 2.75) is 0 Å². The molecule has 0 unspecified atom stereocenters. The van der Waals surface area contributed by atoms with Crippen LogP contribution >= 0.6 is 11.6 Å². The van der Waals surface area contributed by atoms with Gasteiger partial charge in [0.15, 0.2) is 0 Å². The molecule has 37 heavy (non-hydrogen) atoms. The van der Waals surface area contributed by atoms with E-state index in [2.05, 4.69) is 22.7 Å². The summed E-state index contributed by atoms with van der Waals surface area (Å²) in [5, 5.41) is 11.1. The van der Waals surface area contributed by atoms with Crippen molar-refractivity contribution in [2.75, 3.05) is 5.43 Å². The average Bonchev–Trinajstić information content (AvgIpc) is 3.38. The molecule has 6 aromatic rings. The van der Waals surface area contributed by atoms with Crippen molar-refractivity contribution in [3.63, 3.8) is 0 Å². The predicted octanol–water partition coefficient (Wildman–Crippen LogP) is 7.85. The van der Waals surface area contributed by atoms with Crippen molar-refractivity contribution in [2.24, 2.45) is 5.10 Å². The minimum atomic E-state index is 0.640. The molecule has 5 nitrogen and oxygen atoms in total. The number of rotatable bonds is 6. The third-order valence-corrected chi connectivity index (χ3v) is 6.28. The van der Waals surface area contributed by atoms with Crippen LogP contribution in [0.1, 0.15) is 5.56 Å². The highest BCUT2D eigenvalue weighted by Crippen LogP contribution is 2.32. The Balaban J connectivity index is 1.37. The van der Waals surface area contributed by atoms with Crippen LogP contribution in [0.25, 0.3) is 39.0 Å². The van der Waals surface area contributed by atoms with Crippen LogP contribution in [0.4, 0.5) is 5.82 Å². The molecule has 0 fully saturated rings. The lowest BCUT2D eigenvalue weighted by Crippen LogP contribution is -1.96. The number of hydrogen-bond acceptors (Lipinski definition) is 4. The van der Waals surface area contributed by atoms with Crippen LogP contribution in [0, 0.1) is 0 Å². The van der Waals surface area contributed by atoms with E-state index in [-0.39, 0.29) is 0 Å². The number of anilines is 1. The maximum absolute atomic E-state index is 6.31. The normalized spacial score (nSPS) is 11.3. The summed E-state index contributed by atoms with van der Waals surface area (Å²) in [5.74, 6) is 0.640. The molecule has 0 saturated carbocycles. The number of aromatic nitrogens is 3. The smallest absolute Gasteiger partial charge is 0.147 e. The van der Waals surface area contributed by atoms with Gasteiger partial charge in [-0.05, 0) is 47.5 Å². The van der Waals surface area contributed by atoms with E-state index >= 15 is 0 Å². The van der Waals surface area contributed by atoms with Crippen LogP contribution in [0.3, 0.4) is 0 Å². The topological polar surface area (TPSA) is 55.1 Å². The van der Waals surface area contributed by atoms with Crippen LogP contribution < -0.4 is 5.43 Å². The molecule has 6 heteroatoms. The van der Waals surface area contributed by atoms with Crippen molar-refractivity contribution in [1.82, 2.24) is 14.8 Å². The van der Waals surface area contributed by atoms with Gasteiger partial charge < -0.3 is 0 Å². The molecule has 2 aromatic heterocycles. The Morgan fingerprint density at radius 2 is 1.43 bits per heavy atom. The summed E-state index contributed by atoms with van der Waals surface area (Å²) in [6, 6.07) is 38.1. The van der Waals surface area contributed by atoms with Gasteiger partial charge in [0.1, 0.15) is 11.5 Å². The molecular formula is C31H22ClN5. The van der Waals surface area contributed by atoms with Gasteiger partial charge in [-0.3, -0.25) is 5.43 Å². The first kappa shape index (κ1) is 22.7. The van der Waals surface area contributed by atoms with E-state index in [9.17, 15) is 0 Å². The molecule has 4 aromatic carbocycles. The minimum Gasteiger partial charge on any atom is -0.261 e. The van der Waals surface area contributed by atoms with Gasteiger partial charge in [0.25, 0.3) is 0 Å². The standard InChI is InChI=1S/C31H22ClN5/c32-25-16-17-29-28(18-25)27(22-10-4-1-5-11-22)19-30(34-29)35-33-20-24-21-37(26-14-8-3-9-15-26)36-31(24)23-12-6-2-7-13-23/h1-21H,(H,34,35)/b33-20+. The van der Waals surface area contributed by atoms with Crippen molar-refractivity contribution < 1.29 is 0 Å². The number of pyridine rings is 1. The predicted molar refractivity (Wildman–Crippen MR) is 152 cm³/mol. The molecule has 0 amide bonds. The van der Waals surface area contributed by atoms with Gasteiger partial charge in [-0.1, -0.05) is 90.5 Å². The lowest BCUT2D eigenvalue weighted by Gasteiger charge is -2.10. The highest BCUT2D eigenvalue weighted by Gasteiger charge is 2.12. The fourth-order valence-electron chi connectivity index (χ4n) is 4.29. The lowest BCUT2D eigenvalue weighted by atomic mass is 10.0. The second-order valence-corrected chi connectivity index (χ2v) is 8.97. The molecule has 0 radical (unpaired) electrons. The summed E-state index contributed by atoms with van der Waals surface area (Å²) >= 11 is 6.31.